The number of benzene rings is 3. The molecule has 12 heteroatoms. The van der Waals surface area contributed by atoms with Gasteiger partial charge in [0.15, 0.2) is 0 Å². The highest BCUT2D eigenvalue weighted by atomic mass is 32.2. The quantitative estimate of drug-likeness (QED) is 0.181. The minimum absolute atomic E-state index is 0.0483. The van der Waals surface area contributed by atoms with Crippen molar-refractivity contribution in [2.75, 3.05) is 17.4 Å². The monoisotopic (exact) mass is 536 g/mol. The van der Waals surface area contributed by atoms with Crippen LogP contribution in [0.25, 0.3) is 11.0 Å². The van der Waals surface area contributed by atoms with Crippen molar-refractivity contribution in [1.82, 2.24) is 15.4 Å². The number of aromatic nitrogens is 2. The molecular formula is C26H28N6O5S. The highest BCUT2D eigenvalue weighted by molar-refractivity contribution is 7.87. The van der Waals surface area contributed by atoms with Crippen molar-refractivity contribution in [3.8, 4) is 11.5 Å². The van der Waals surface area contributed by atoms with Crippen molar-refractivity contribution in [3.63, 3.8) is 0 Å². The smallest absolute Gasteiger partial charge is 0.339 e. The van der Waals surface area contributed by atoms with Gasteiger partial charge in [-0.25, -0.2) is 20.2 Å². The molecule has 1 aliphatic carbocycles. The number of hydrogen-bond donors (Lipinski definition) is 4. The van der Waals surface area contributed by atoms with Gasteiger partial charge in [0, 0.05) is 23.9 Å². The number of carbonyl (C=O) groups excluding carboxylic acids is 1. The Morgan fingerprint density at radius 2 is 1.82 bits per heavy atom. The van der Waals surface area contributed by atoms with Gasteiger partial charge in [-0.15, -0.1) is 0 Å². The Morgan fingerprint density at radius 3 is 2.53 bits per heavy atom. The number of primary amides is 1. The second kappa shape index (κ2) is 10.5. The van der Waals surface area contributed by atoms with E-state index < -0.39 is 16.1 Å². The number of nitrogens with two attached hydrogens (primary N) is 1. The molecule has 0 atom stereocenters. The maximum Gasteiger partial charge on any atom is 0.339 e. The Bertz CT molecular complexity index is 1550. The number of urea groups is 1. The van der Waals surface area contributed by atoms with E-state index in [1.807, 2.05) is 0 Å². The van der Waals surface area contributed by atoms with Gasteiger partial charge in [0.2, 0.25) is 5.95 Å². The van der Waals surface area contributed by atoms with E-state index in [4.69, 9.17) is 14.7 Å². The van der Waals surface area contributed by atoms with Gasteiger partial charge in [0.05, 0.1) is 23.8 Å². The molecular weight excluding hydrogens is 508 g/mol. The van der Waals surface area contributed by atoms with Crippen LogP contribution in [0, 0.1) is 0 Å². The molecule has 1 aromatic heterocycles. The van der Waals surface area contributed by atoms with E-state index >= 15 is 0 Å². The fourth-order valence-electron chi connectivity index (χ4n) is 4.43. The molecule has 4 aromatic rings. The molecule has 1 saturated carbocycles. The summed E-state index contributed by atoms with van der Waals surface area (Å²) in [5.74, 6) is 0.912. The Morgan fingerprint density at radius 1 is 1.05 bits per heavy atom. The summed E-state index contributed by atoms with van der Waals surface area (Å²) in [5.41, 5.74) is 10.3. The molecule has 0 saturated heterocycles. The summed E-state index contributed by atoms with van der Waals surface area (Å²) in [6.45, 7) is 0. The number of hydrazine groups is 1. The molecule has 0 unspecified atom stereocenters. The van der Waals surface area contributed by atoms with E-state index in [2.05, 4.69) is 20.7 Å². The van der Waals surface area contributed by atoms with E-state index in [0.29, 0.717) is 28.5 Å². The summed E-state index contributed by atoms with van der Waals surface area (Å²) in [7, 11) is -2.53. The molecule has 2 amide bonds. The number of hydrogen-bond acceptors (Lipinski definition) is 8. The number of aromatic amines is 1. The van der Waals surface area contributed by atoms with Crippen LogP contribution in [-0.2, 0) is 10.1 Å². The third-order valence-electron chi connectivity index (χ3n) is 6.26. The number of imidazole rings is 1. The average Bonchev–Trinajstić information content (AvgIpc) is 3.57. The highest BCUT2D eigenvalue weighted by Gasteiger charge is 2.20. The minimum Gasteiger partial charge on any atom is -0.497 e. The number of amides is 2. The molecule has 5 N–H and O–H groups in total. The topological polar surface area (TPSA) is 152 Å². The van der Waals surface area contributed by atoms with Gasteiger partial charge in [-0.3, -0.25) is 0 Å². The number of rotatable bonds is 9. The number of methoxy groups -OCH3 is 1. The maximum absolute atomic E-state index is 12.9. The third-order valence-corrected chi connectivity index (χ3v) is 7.52. The van der Waals surface area contributed by atoms with Crippen LogP contribution in [0.5, 0.6) is 11.5 Å². The van der Waals surface area contributed by atoms with Gasteiger partial charge in [-0.1, -0.05) is 18.9 Å². The van der Waals surface area contributed by atoms with Gasteiger partial charge >= 0.3 is 16.1 Å². The Labute approximate surface area is 220 Å². The Hall–Kier alpha value is -4.45. The predicted molar refractivity (Wildman–Crippen MR) is 144 cm³/mol. The normalized spacial score (nSPS) is 13.8. The fraction of sp³-hybridized carbons (Fsp3) is 0.231. The molecule has 0 bridgehead atoms. The molecule has 1 fully saturated rings. The lowest BCUT2D eigenvalue weighted by molar-refractivity contribution is 0.249. The van der Waals surface area contributed by atoms with Crippen LogP contribution >= 0.6 is 0 Å². The lowest BCUT2D eigenvalue weighted by atomic mass is 10.2. The number of anilines is 3. The molecule has 38 heavy (non-hydrogen) atoms. The second-order valence-corrected chi connectivity index (χ2v) is 10.5. The van der Waals surface area contributed by atoms with E-state index in [1.54, 1.807) is 42.5 Å². The van der Waals surface area contributed by atoms with Crippen molar-refractivity contribution in [1.29, 1.82) is 0 Å². The van der Waals surface area contributed by atoms with E-state index in [9.17, 15) is 13.2 Å². The van der Waals surface area contributed by atoms with Crippen LogP contribution in [0.15, 0.2) is 71.6 Å². The first-order valence-corrected chi connectivity index (χ1v) is 13.5. The van der Waals surface area contributed by atoms with E-state index in [0.717, 1.165) is 18.5 Å². The van der Waals surface area contributed by atoms with Gasteiger partial charge in [0.1, 0.15) is 16.4 Å². The summed E-state index contributed by atoms with van der Waals surface area (Å²) in [6.07, 6.45) is 4.66. The highest BCUT2D eigenvalue weighted by Crippen LogP contribution is 2.29. The molecule has 198 valence electrons. The van der Waals surface area contributed by atoms with Crippen LogP contribution in [0.3, 0.4) is 0 Å². The molecule has 0 aliphatic heterocycles. The lowest BCUT2D eigenvalue weighted by Crippen LogP contribution is -2.42. The Balaban J connectivity index is 1.36. The first-order chi connectivity index (χ1) is 18.3. The van der Waals surface area contributed by atoms with Gasteiger partial charge < -0.3 is 25.0 Å². The second-order valence-electron chi connectivity index (χ2n) is 8.94. The van der Waals surface area contributed by atoms with E-state index in [1.165, 1.54) is 49.2 Å². The summed E-state index contributed by atoms with van der Waals surface area (Å²) in [4.78, 5) is 19.3. The fourth-order valence-corrected chi connectivity index (χ4v) is 5.35. The zero-order valence-corrected chi connectivity index (χ0v) is 21.5. The number of fused-ring (bicyclic) bond motifs is 1. The average molecular weight is 537 g/mol. The molecule has 0 spiro atoms. The van der Waals surface area contributed by atoms with Crippen molar-refractivity contribution in [2.24, 2.45) is 5.73 Å². The molecule has 1 heterocycles. The third kappa shape index (κ3) is 5.59. The number of H-pyrrole nitrogens is 1. The van der Waals surface area contributed by atoms with Crippen molar-refractivity contribution < 1.29 is 22.1 Å². The van der Waals surface area contributed by atoms with Crippen LogP contribution in [0.4, 0.5) is 22.1 Å². The standard InChI is InChI=1S/C26H28N6O5S/c1-36-20-8-4-7-19(15-20)32(31-25(27)33)26-29-23-14-11-21(16-24(23)30-26)37-38(34,35)22-12-9-18(10-13-22)28-17-5-2-3-6-17/h4,7-17,28H,2-3,5-6H2,1H3,(H,29,30)(H3,27,31,33). The molecule has 0 radical (unpaired) electrons. The minimum atomic E-state index is -4.07. The number of carbonyl (C=O) groups is 1. The van der Waals surface area contributed by atoms with Crippen molar-refractivity contribution >= 4 is 44.5 Å². The van der Waals surface area contributed by atoms with E-state index in [-0.39, 0.29) is 16.6 Å². The summed E-state index contributed by atoms with van der Waals surface area (Å²) in [5, 5.41) is 4.80. The number of ether oxygens (including phenoxy) is 1. The van der Waals surface area contributed by atoms with Crippen LogP contribution in [0.2, 0.25) is 0 Å². The molecule has 5 rings (SSSR count). The molecule has 3 aromatic carbocycles. The number of nitrogens with one attached hydrogen (secondary N) is 3. The predicted octanol–water partition coefficient (Wildman–Crippen LogP) is 4.42. The van der Waals surface area contributed by atoms with Crippen molar-refractivity contribution in [2.45, 2.75) is 36.6 Å². The lowest BCUT2D eigenvalue weighted by Gasteiger charge is -2.21. The number of nitrogens with zero attached hydrogens (tertiary/aromatic N) is 2. The first kappa shape index (κ1) is 25.2. The van der Waals surface area contributed by atoms with Gasteiger partial charge in [0.25, 0.3) is 0 Å². The van der Waals surface area contributed by atoms with Crippen LogP contribution < -0.4 is 30.4 Å². The first-order valence-electron chi connectivity index (χ1n) is 12.1. The molecule has 1 aliphatic rings. The largest absolute Gasteiger partial charge is 0.497 e. The SMILES string of the molecule is COc1cccc(N(NC(N)=O)c2nc3cc(OS(=O)(=O)c4ccc(NC5CCCC5)cc4)ccc3[nH]2)c1. The summed E-state index contributed by atoms with van der Waals surface area (Å²) >= 11 is 0. The molecule has 11 nitrogen and oxygen atoms in total. The Kier molecular flexibility index (Phi) is 6.97. The zero-order valence-electron chi connectivity index (χ0n) is 20.7. The zero-order chi connectivity index (χ0) is 26.7. The van der Waals surface area contributed by atoms with Gasteiger partial charge in [-0.2, -0.15) is 8.42 Å². The van der Waals surface area contributed by atoms with Crippen LogP contribution in [-0.4, -0.2) is 37.6 Å². The van der Waals surface area contributed by atoms with Crippen LogP contribution in [0.1, 0.15) is 25.7 Å². The van der Waals surface area contributed by atoms with Crippen molar-refractivity contribution in [3.05, 3.63) is 66.7 Å². The summed E-state index contributed by atoms with van der Waals surface area (Å²) in [6, 6.07) is 17.8. The summed E-state index contributed by atoms with van der Waals surface area (Å²) < 4.78 is 36.5. The van der Waals surface area contributed by atoms with Gasteiger partial charge in [-0.05, 0) is 61.4 Å². The maximum atomic E-state index is 12.9.